The number of methoxy groups -OCH3 is 1. The quantitative estimate of drug-likeness (QED) is 0.614. The smallest absolute Gasteiger partial charge is 0.148 e. The highest BCUT2D eigenvalue weighted by atomic mass is 79.9. The van der Waals surface area contributed by atoms with Crippen molar-refractivity contribution in [1.29, 1.82) is 0 Å². The largest absolute Gasteiger partial charge is 0.494 e. The van der Waals surface area contributed by atoms with Crippen molar-refractivity contribution < 1.29 is 4.74 Å². The van der Waals surface area contributed by atoms with Gasteiger partial charge in [0.1, 0.15) is 10.7 Å². The molecule has 0 bridgehead atoms. The maximum atomic E-state index is 5.42. The molecular formula is C14H16BrNOS. The molecule has 0 fully saturated rings. The summed E-state index contributed by atoms with van der Waals surface area (Å²) >= 11 is 5.41. The fourth-order valence-corrected chi connectivity index (χ4v) is 3.23. The van der Waals surface area contributed by atoms with E-state index in [0.717, 1.165) is 11.5 Å². The molecule has 0 aromatic heterocycles. The van der Waals surface area contributed by atoms with Gasteiger partial charge in [0.25, 0.3) is 0 Å². The van der Waals surface area contributed by atoms with E-state index in [0.29, 0.717) is 0 Å². The van der Waals surface area contributed by atoms with E-state index in [-0.39, 0.29) is 4.95 Å². The molecule has 1 aromatic carbocycles. The van der Waals surface area contributed by atoms with Gasteiger partial charge in [-0.2, -0.15) is 0 Å². The molecule has 0 N–H and O–H groups in total. The molecule has 1 atom stereocenters. The summed E-state index contributed by atoms with van der Waals surface area (Å²) in [6.07, 6.45) is 4.19. The molecule has 1 aliphatic rings. The van der Waals surface area contributed by atoms with Crippen LogP contribution in [0.25, 0.3) is 0 Å². The summed E-state index contributed by atoms with van der Waals surface area (Å²) in [7, 11) is 3.73. The van der Waals surface area contributed by atoms with Crippen molar-refractivity contribution in [1.82, 2.24) is 4.90 Å². The van der Waals surface area contributed by atoms with E-state index in [4.69, 9.17) is 4.74 Å². The Morgan fingerprint density at radius 1 is 1.33 bits per heavy atom. The van der Waals surface area contributed by atoms with Gasteiger partial charge in [-0.05, 0) is 11.6 Å². The number of rotatable bonds is 4. The number of alkyl halides is 1. The van der Waals surface area contributed by atoms with Crippen LogP contribution in [0.2, 0.25) is 0 Å². The Hall–Kier alpha value is -0.870. The van der Waals surface area contributed by atoms with Gasteiger partial charge in [0.05, 0.1) is 12.0 Å². The molecule has 96 valence electrons. The standard InChI is InChI=1S/C14H16BrNOS/c1-16-9-12(17-2)13(8-14(16)15)18-10-11-6-4-3-5-7-11/h3-9,14H,10H2,1-2H3. The average molecular weight is 326 g/mol. The SMILES string of the molecule is COC1=CN(C)C(Br)C=C1SCc1ccccc1. The maximum absolute atomic E-state index is 5.42. The second-order valence-corrected chi connectivity index (χ2v) is 6.00. The molecule has 0 saturated heterocycles. The van der Waals surface area contributed by atoms with E-state index < -0.39 is 0 Å². The van der Waals surface area contributed by atoms with Crippen LogP contribution in [0, 0.1) is 0 Å². The summed E-state index contributed by atoms with van der Waals surface area (Å²) in [6.45, 7) is 0. The number of thioether (sulfide) groups is 1. The Morgan fingerprint density at radius 2 is 2.06 bits per heavy atom. The monoisotopic (exact) mass is 325 g/mol. The molecule has 1 aliphatic heterocycles. The van der Waals surface area contributed by atoms with Crippen LogP contribution < -0.4 is 0 Å². The fourth-order valence-electron chi connectivity index (χ4n) is 1.65. The minimum Gasteiger partial charge on any atom is -0.494 e. The third kappa shape index (κ3) is 3.33. The molecule has 2 rings (SSSR count). The Kier molecular flexibility index (Phi) is 4.78. The molecule has 1 heterocycles. The highest BCUT2D eigenvalue weighted by Gasteiger charge is 2.18. The zero-order valence-electron chi connectivity index (χ0n) is 10.5. The lowest BCUT2D eigenvalue weighted by Gasteiger charge is -2.26. The average Bonchev–Trinajstić information content (AvgIpc) is 2.41. The second kappa shape index (κ2) is 6.34. The number of benzene rings is 1. The first kappa shape index (κ1) is 13.6. The van der Waals surface area contributed by atoms with Crippen LogP contribution in [0.4, 0.5) is 0 Å². The van der Waals surface area contributed by atoms with Crippen LogP contribution in [0.3, 0.4) is 0 Å². The molecule has 1 unspecified atom stereocenters. The van der Waals surface area contributed by atoms with Crippen LogP contribution in [0.1, 0.15) is 5.56 Å². The summed E-state index contributed by atoms with van der Waals surface area (Å²) in [5.41, 5.74) is 1.32. The molecule has 18 heavy (non-hydrogen) atoms. The topological polar surface area (TPSA) is 12.5 Å². The first-order valence-electron chi connectivity index (χ1n) is 5.71. The normalized spacial score (nSPS) is 19.3. The fraction of sp³-hybridized carbons (Fsp3) is 0.286. The van der Waals surface area contributed by atoms with E-state index in [1.165, 1.54) is 10.5 Å². The third-order valence-corrected chi connectivity index (χ3v) is 4.73. The Bertz CT molecular complexity index is 458. The summed E-state index contributed by atoms with van der Waals surface area (Å²) in [6, 6.07) is 10.5. The van der Waals surface area contributed by atoms with Crippen molar-refractivity contribution in [2.75, 3.05) is 14.2 Å². The predicted octanol–water partition coefficient (Wildman–Crippen LogP) is 3.96. The third-order valence-electron chi connectivity index (χ3n) is 2.70. The lowest BCUT2D eigenvalue weighted by Crippen LogP contribution is -2.23. The van der Waals surface area contributed by atoms with Crippen molar-refractivity contribution in [3.63, 3.8) is 0 Å². The molecule has 2 nitrogen and oxygen atoms in total. The lowest BCUT2D eigenvalue weighted by molar-refractivity contribution is 0.286. The first-order valence-corrected chi connectivity index (χ1v) is 7.61. The first-order chi connectivity index (χ1) is 8.70. The van der Waals surface area contributed by atoms with E-state index >= 15 is 0 Å². The van der Waals surface area contributed by atoms with Gasteiger partial charge in [0, 0.05) is 19.0 Å². The maximum Gasteiger partial charge on any atom is 0.148 e. The Morgan fingerprint density at radius 3 is 2.72 bits per heavy atom. The Balaban J connectivity index is 2.04. The number of nitrogens with zero attached hydrogens (tertiary/aromatic N) is 1. The number of ether oxygens (including phenoxy) is 1. The van der Waals surface area contributed by atoms with E-state index in [1.807, 2.05) is 19.3 Å². The zero-order valence-corrected chi connectivity index (χ0v) is 12.9. The minimum atomic E-state index is 0.231. The number of likely N-dealkylation sites (N-methyl/N-ethyl adjacent to an activating group) is 1. The van der Waals surface area contributed by atoms with Crippen molar-refractivity contribution in [2.24, 2.45) is 0 Å². The van der Waals surface area contributed by atoms with Gasteiger partial charge in [0.15, 0.2) is 0 Å². The van der Waals surface area contributed by atoms with Gasteiger partial charge < -0.3 is 9.64 Å². The summed E-state index contributed by atoms with van der Waals surface area (Å²) in [5.74, 6) is 1.88. The summed E-state index contributed by atoms with van der Waals surface area (Å²) in [5, 5.41) is 0. The number of halogens is 1. The minimum absolute atomic E-state index is 0.231. The summed E-state index contributed by atoms with van der Waals surface area (Å²) in [4.78, 5) is 3.49. The van der Waals surface area contributed by atoms with E-state index in [9.17, 15) is 0 Å². The van der Waals surface area contributed by atoms with Gasteiger partial charge in [-0.15, -0.1) is 11.8 Å². The second-order valence-electron chi connectivity index (χ2n) is 4.04. The van der Waals surface area contributed by atoms with Crippen molar-refractivity contribution in [2.45, 2.75) is 10.7 Å². The van der Waals surface area contributed by atoms with Crippen LogP contribution in [-0.4, -0.2) is 24.0 Å². The Labute approximate surface area is 121 Å². The van der Waals surface area contributed by atoms with Crippen LogP contribution >= 0.6 is 27.7 Å². The molecule has 0 aliphatic carbocycles. The number of hydrogen-bond donors (Lipinski definition) is 0. The van der Waals surface area contributed by atoms with Gasteiger partial charge in [0.2, 0.25) is 0 Å². The zero-order chi connectivity index (χ0) is 13.0. The van der Waals surface area contributed by atoms with Crippen LogP contribution in [0.5, 0.6) is 0 Å². The van der Waals surface area contributed by atoms with E-state index in [2.05, 4.69) is 51.2 Å². The summed E-state index contributed by atoms with van der Waals surface area (Å²) < 4.78 is 5.42. The van der Waals surface area contributed by atoms with E-state index in [1.54, 1.807) is 18.9 Å². The van der Waals surface area contributed by atoms with Crippen LogP contribution in [0.15, 0.2) is 53.3 Å². The molecule has 0 amide bonds. The van der Waals surface area contributed by atoms with Gasteiger partial charge in [-0.25, -0.2) is 0 Å². The molecule has 0 saturated carbocycles. The van der Waals surface area contributed by atoms with Crippen molar-refractivity contribution >= 4 is 27.7 Å². The molecule has 0 radical (unpaired) electrons. The molecule has 1 aromatic rings. The number of hydrogen-bond acceptors (Lipinski definition) is 3. The van der Waals surface area contributed by atoms with Crippen molar-refractivity contribution in [3.8, 4) is 0 Å². The van der Waals surface area contributed by atoms with Crippen LogP contribution in [-0.2, 0) is 10.5 Å². The van der Waals surface area contributed by atoms with Crippen molar-refractivity contribution in [3.05, 3.63) is 58.8 Å². The molecule has 4 heteroatoms. The predicted molar refractivity (Wildman–Crippen MR) is 81.4 cm³/mol. The molecule has 0 spiro atoms. The molecular weight excluding hydrogens is 310 g/mol. The highest BCUT2D eigenvalue weighted by Crippen LogP contribution is 2.33. The van der Waals surface area contributed by atoms with Gasteiger partial charge in [-0.1, -0.05) is 46.3 Å². The van der Waals surface area contributed by atoms with Gasteiger partial charge in [-0.3, -0.25) is 0 Å². The highest BCUT2D eigenvalue weighted by molar-refractivity contribution is 9.09. The van der Waals surface area contributed by atoms with Gasteiger partial charge >= 0.3 is 0 Å². The lowest BCUT2D eigenvalue weighted by atomic mass is 10.2.